The minimum absolute atomic E-state index is 0.370. The van der Waals surface area contributed by atoms with Crippen molar-refractivity contribution < 1.29 is 14.6 Å². The smallest absolute Gasteiger partial charge is 0.0745 e. The molecule has 0 aliphatic rings. The first-order valence-corrected chi connectivity index (χ1v) is 5.16. The molecule has 0 unspecified atom stereocenters. The van der Waals surface area contributed by atoms with Gasteiger partial charge in [-0.25, -0.2) is 0 Å². The highest BCUT2D eigenvalue weighted by atomic mass is 16.5. The molecule has 15 heavy (non-hydrogen) atoms. The fraction of sp³-hybridized carbons (Fsp3) is 0.500. The van der Waals surface area contributed by atoms with Crippen LogP contribution < -0.4 is 0 Å². The Balaban J connectivity index is 1.98. The molecule has 0 radical (unpaired) electrons. The zero-order valence-corrected chi connectivity index (χ0v) is 9.06. The summed E-state index contributed by atoms with van der Waals surface area (Å²) >= 11 is 0. The number of aliphatic hydroxyl groups is 1. The lowest BCUT2D eigenvalue weighted by Gasteiger charge is -2.07. The second-order valence-electron chi connectivity index (χ2n) is 3.46. The summed E-state index contributed by atoms with van der Waals surface area (Å²) in [7, 11) is 0. The number of ether oxygens (including phenoxy) is 2. The Bertz CT molecular complexity index is 246. The second-order valence-corrected chi connectivity index (χ2v) is 3.46. The van der Waals surface area contributed by atoms with E-state index in [0.717, 1.165) is 5.56 Å². The zero-order valence-electron chi connectivity index (χ0n) is 9.06. The van der Waals surface area contributed by atoms with E-state index in [-0.39, 0.29) is 0 Å². The van der Waals surface area contributed by atoms with Gasteiger partial charge in [0.2, 0.25) is 0 Å². The van der Waals surface area contributed by atoms with Gasteiger partial charge in [-0.1, -0.05) is 30.3 Å². The summed E-state index contributed by atoms with van der Waals surface area (Å²) in [5.41, 5.74) is 1.16. The molecule has 0 fully saturated rings. The predicted octanol–water partition coefficient (Wildman–Crippen LogP) is 1.60. The van der Waals surface area contributed by atoms with Gasteiger partial charge in [0, 0.05) is 0 Å². The van der Waals surface area contributed by atoms with Crippen molar-refractivity contribution in [3.05, 3.63) is 35.9 Å². The van der Waals surface area contributed by atoms with E-state index in [1.807, 2.05) is 30.3 Å². The Morgan fingerprint density at radius 1 is 1.13 bits per heavy atom. The Hall–Kier alpha value is -0.900. The molecule has 3 heteroatoms. The van der Waals surface area contributed by atoms with E-state index >= 15 is 0 Å². The standard InChI is InChI=1S/C12H18O3/c1-11(13)9-14-7-8-15-10-12-5-3-2-4-6-12/h2-6,11,13H,7-10H2,1H3/t11-/m0/s1. The lowest BCUT2D eigenvalue weighted by atomic mass is 10.2. The fourth-order valence-electron chi connectivity index (χ4n) is 1.14. The van der Waals surface area contributed by atoms with Crippen molar-refractivity contribution in [2.45, 2.75) is 19.6 Å². The van der Waals surface area contributed by atoms with Crippen molar-refractivity contribution in [2.24, 2.45) is 0 Å². The molecule has 0 aromatic heterocycles. The summed E-state index contributed by atoms with van der Waals surface area (Å²) < 4.78 is 10.6. The molecule has 1 atom stereocenters. The van der Waals surface area contributed by atoms with Crippen LogP contribution in [0.4, 0.5) is 0 Å². The van der Waals surface area contributed by atoms with Crippen molar-refractivity contribution in [1.29, 1.82) is 0 Å². The Labute approximate surface area is 90.6 Å². The number of hydrogen-bond donors (Lipinski definition) is 1. The molecule has 1 N–H and O–H groups in total. The van der Waals surface area contributed by atoms with E-state index < -0.39 is 6.10 Å². The van der Waals surface area contributed by atoms with Gasteiger partial charge in [-0.3, -0.25) is 0 Å². The second kappa shape index (κ2) is 7.40. The minimum Gasteiger partial charge on any atom is -0.391 e. The van der Waals surface area contributed by atoms with Gasteiger partial charge in [0.1, 0.15) is 0 Å². The quantitative estimate of drug-likeness (QED) is 0.695. The van der Waals surface area contributed by atoms with Gasteiger partial charge in [0.25, 0.3) is 0 Å². The van der Waals surface area contributed by atoms with Crippen molar-refractivity contribution >= 4 is 0 Å². The Morgan fingerprint density at radius 2 is 1.80 bits per heavy atom. The maximum absolute atomic E-state index is 8.92. The van der Waals surface area contributed by atoms with Gasteiger partial charge >= 0.3 is 0 Å². The van der Waals surface area contributed by atoms with Gasteiger partial charge in [-0.15, -0.1) is 0 Å². The molecule has 0 bridgehead atoms. The highest BCUT2D eigenvalue weighted by Crippen LogP contribution is 1.99. The molecule has 0 aliphatic heterocycles. The molecule has 1 aromatic carbocycles. The summed E-state index contributed by atoms with van der Waals surface area (Å²) in [5, 5.41) is 8.92. The number of benzene rings is 1. The summed E-state index contributed by atoms with van der Waals surface area (Å²) in [5.74, 6) is 0. The molecular weight excluding hydrogens is 192 g/mol. The van der Waals surface area contributed by atoms with Crippen LogP contribution in [0.2, 0.25) is 0 Å². The molecule has 0 amide bonds. The van der Waals surface area contributed by atoms with E-state index in [1.165, 1.54) is 0 Å². The first-order valence-electron chi connectivity index (χ1n) is 5.16. The van der Waals surface area contributed by atoms with Crippen LogP contribution in [0.5, 0.6) is 0 Å². The maximum atomic E-state index is 8.92. The third kappa shape index (κ3) is 6.23. The van der Waals surface area contributed by atoms with E-state index in [1.54, 1.807) is 6.92 Å². The van der Waals surface area contributed by atoms with E-state index in [2.05, 4.69) is 0 Å². The van der Waals surface area contributed by atoms with Gasteiger partial charge in [-0.2, -0.15) is 0 Å². The van der Waals surface area contributed by atoms with Crippen molar-refractivity contribution in [3.63, 3.8) is 0 Å². The van der Waals surface area contributed by atoms with Crippen LogP contribution in [0, 0.1) is 0 Å². The van der Waals surface area contributed by atoms with Gasteiger partial charge < -0.3 is 14.6 Å². The molecule has 1 aromatic rings. The first-order chi connectivity index (χ1) is 7.29. The number of hydrogen-bond acceptors (Lipinski definition) is 3. The average molecular weight is 210 g/mol. The SMILES string of the molecule is C[C@H](O)COCCOCc1ccccc1. The van der Waals surface area contributed by atoms with Crippen molar-refractivity contribution in [3.8, 4) is 0 Å². The monoisotopic (exact) mass is 210 g/mol. The molecule has 3 nitrogen and oxygen atoms in total. The fourth-order valence-corrected chi connectivity index (χ4v) is 1.14. The van der Waals surface area contributed by atoms with Crippen LogP contribution in [-0.4, -0.2) is 31.0 Å². The largest absolute Gasteiger partial charge is 0.391 e. The molecule has 0 saturated carbocycles. The van der Waals surface area contributed by atoms with Crippen LogP contribution in [0.1, 0.15) is 12.5 Å². The first kappa shape index (κ1) is 12.2. The van der Waals surface area contributed by atoms with Crippen molar-refractivity contribution in [2.75, 3.05) is 19.8 Å². The van der Waals surface area contributed by atoms with Crippen LogP contribution in [0.3, 0.4) is 0 Å². The summed E-state index contributed by atoms with van der Waals surface area (Å²) in [6, 6.07) is 10.0. The number of rotatable bonds is 7. The summed E-state index contributed by atoms with van der Waals surface area (Å²) in [6.07, 6.45) is -0.404. The Kier molecular flexibility index (Phi) is 6.00. The van der Waals surface area contributed by atoms with E-state index in [4.69, 9.17) is 14.6 Å². The highest BCUT2D eigenvalue weighted by molar-refractivity contribution is 5.13. The van der Waals surface area contributed by atoms with Crippen LogP contribution in [0.15, 0.2) is 30.3 Å². The molecular formula is C12H18O3. The normalized spacial score (nSPS) is 12.7. The lowest BCUT2D eigenvalue weighted by molar-refractivity contribution is 0.00562. The summed E-state index contributed by atoms with van der Waals surface area (Å²) in [4.78, 5) is 0. The average Bonchev–Trinajstić information content (AvgIpc) is 2.24. The van der Waals surface area contributed by atoms with E-state index in [9.17, 15) is 0 Å². The highest BCUT2D eigenvalue weighted by Gasteiger charge is 1.95. The minimum atomic E-state index is -0.404. The van der Waals surface area contributed by atoms with Gasteiger partial charge in [0.05, 0.1) is 32.5 Å². The molecule has 0 heterocycles. The summed E-state index contributed by atoms with van der Waals surface area (Å²) in [6.45, 7) is 3.76. The molecule has 84 valence electrons. The van der Waals surface area contributed by atoms with E-state index in [0.29, 0.717) is 26.4 Å². The van der Waals surface area contributed by atoms with Crippen LogP contribution in [0.25, 0.3) is 0 Å². The number of aliphatic hydroxyl groups excluding tert-OH is 1. The molecule has 1 rings (SSSR count). The topological polar surface area (TPSA) is 38.7 Å². The zero-order chi connectivity index (χ0) is 10.9. The predicted molar refractivity (Wildman–Crippen MR) is 58.6 cm³/mol. The molecule has 0 spiro atoms. The lowest BCUT2D eigenvalue weighted by Crippen LogP contribution is -2.13. The molecule has 0 saturated heterocycles. The van der Waals surface area contributed by atoms with Crippen LogP contribution in [-0.2, 0) is 16.1 Å². The third-order valence-corrected chi connectivity index (χ3v) is 1.84. The Morgan fingerprint density at radius 3 is 2.47 bits per heavy atom. The van der Waals surface area contributed by atoms with Crippen LogP contribution >= 0.6 is 0 Å². The maximum Gasteiger partial charge on any atom is 0.0745 e. The third-order valence-electron chi connectivity index (χ3n) is 1.84. The molecule has 0 aliphatic carbocycles. The van der Waals surface area contributed by atoms with Gasteiger partial charge in [0.15, 0.2) is 0 Å². The van der Waals surface area contributed by atoms with Crippen molar-refractivity contribution in [1.82, 2.24) is 0 Å². The van der Waals surface area contributed by atoms with Gasteiger partial charge in [-0.05, 0) is 12.5 Å².